The molecule has 1 aliphatic carbocycles. The molecule has 1 saturated carbocycles. The molecule has 0 spiro atoms. The number of hydrogen-bond acceptors (Lipinski definition) is 2. The first-order valence-electron chi connectivity index (χ1n) is 7.29. The van der Waals surface area contributed by atoms with Crippen LogP contribution in [-0.4, -0.2) is 14.5 Å². The molecule has 0 aromatic heterocycles. The number of nitrogens with one attached hydrogen (secondary N) is 1. The number of sulfonamides is 1. The van der Waals surface area contributed by atoms with Gasteiger partial charge >= 0.3 is 0 Å². The summed E-state index contributed by atoms with van der Waals surface area (Å²) in [6.45, 7) is 2.18. The summed E-state index contributed by atoms with van der Waals surface area (Å²) in [5.41, 5.74) is 0. The molecule has 1 aromatic rings. The van der Waals surface area contributed by atoms with Crippen LogP contribution in [0.3, 0.4) is 0 Å². The van der Waals surface area contributed by atoms with Gasteiger partial charge in [0.2, 0.25) is 10.0 Å². The predicted octanol–water partition coefficient (Wildman–Crippen LogP) is 3.46. The molecule has 0 radical (unpaired) electrons. The van der Waals surface area contributed by atoms with Crippen LogP contribution < -0.4 is 4.72 Å². The monoisotopic (exact) mass is 299 g/mol. The van der Waals surface area contributed by atoms with Gasteiger partial charge < -0.3 is 0 Å². The Morgan fingerprint density at radius 2 is 1.75 bits per heavy atom. The van der Waals surface area contributed by atoms with Crippen molar-refractivity contribution in [1.29, 1.82) is 0 Å². The Hall–Kier alpha value is -0.940. The first-order valence-corrected chi connectivity index (χ1v) is 8.77. The van der Waals surface area contributed by atoms with E-state index in [-0.39, 0.29) is 10.9 Å². The third kappa shape index (κ3) is 4.03. The molecule has 1 aromatic carbocycles. The molecule has 5 heteroatoms. The third-order valence-corrected chi connectivity index (χ3v) is 5.53. The molecule has 0 heterocycles. The van der Waals surface area contributed by atoms with Crippen molar-refractivity contribution in [2.75, 3.05) is 0 Å². The highest BCUT2D eigenvalue weighted by atomic mass is 32.2. The zero-order valence-electron chi connectivity index (χ0n) is 11.8. The standard InChI is InChI=1S/C15H22FNO2S/c1-2-3-12-4-8-14(9-5-12)17-20(18,19)15-10-6-13(16)7-11-15/h6-7,10-12,14,17H,2-5,8-9H2,1H3. The number of halogens is 1. The van der Waals surface area contributed by atoms with Crippen LogP contribution in [0.1, 0.15) is 45.4 Å². The SMILES string of the molecule is CCCC1CCC(NS(=O)(=O)c2ccc(F)cc2)CC1. The van der Waals surface area contributed by atoms with Crippen molar-refractivity contribution in [2.45, 2.75) is 56.4 Å². The minimum atomic E-state index is -3.52. The lowest BCUT2D eigenvalue weighted by atomic mass is 9.84. The molecule has 1 N–H and O–H groups in total. The van der Waals surface area contributed by atoms with Crippen LogP contribution in [0.2, 0.25) is 0 Å². The molecule has 3 nitrogen and oxygen atoms in total. The molecule has 0 unspecified atom stereocenters. The molecule has 0 amide bonds. The van der Waals surface area contributed by atoms with Crippen LogP contribution in [0.15, 0.2) is 29.2 Å². The lowest BCUT2D eigenvalue weighted by Crippen LogP contribution is -2.37. The zero-order chi connectivity index (χ0) is 14.6. The van der Waals surface area contributed by atoms with Gasteiger partial charge in [-0.3, -0.25) is 0 Å². The van der Waals surface area contributed by atoms with Gasteiger partial charge in [0.05, 0.1) is 4.90 Å². The van der Waals surface area contributed by atoms with E-state index in [0.717, 1.165) is 31.6 Å². The van der Waals surface area contributed by atoms with Crippen molar-refractivity contribution >= 4 is 10.0 Å². The van der Waals surface area contributed by atoms with Crippen molar-refractivity contribution in [2.24, 2.45) is 5.92 Å². The van der Waals surface area contributed by atoms with Gasteiger partial charge in [0.1, 0.15) is 5.82 Å². The molecule has 20 heavy (non-hydrogen) atoms. The summed E-state index contributed by atoms with van der Waals surface area (Å²) in [7, 11) is -3.52. The second-order valence-electron chi connectivity index (χ2n) is 5.58. The molecular weight excluding hydrogens is 277 g/mol. The van der Waals surface area contributed by atoms with Crippen molar-refractivity contribution < 1.29 is 12.8 Å². The summed E-state index contributed by atoms with van der Waals surface area (Å²) in [5, 5.41) is 0. The summed E-state index contributed by atoms with van der Waals surface area (Å²) in [5.74, 6) is 0.315. The average Bonchev–Trinajstić information content (AvgIpc) is 2.41. The van der Waals surface area contributed by atoms with Gasteiger partial charge in [-0.1, -0.05) is 19.8 Å². The Morgan fingerprint density at radius 3 is 2.30 bits per heavy atom. The van der Waals surface area contributed by atoms with E-state index in [9.17, 15) is 12.8 Å². The van der Waals surface area contributed by atoms with Crippen LogP contribution in [0.5, 0.6) is 0 Å². The Kier molecular flexibility index (Phi) is 5.16. The van der Waals surface area contributed by atoms with E-state index in [1.165, 1.54) is 37.1 Å². The van der Waals surface area contributed by atoms with E-state index < -0.39 is 15.8 Å². The molecule has 112 valence electrons. The van der Waals surface area contributed by atoms with Crippen molar-refractivity contribution in [3.8, 4) is 0 Å². The van der Waals surface area contributed by atoms with E-state index >= 15 is 0 Å². The highest BCUT2D eigenvalue weighted by Crippen LogP contribution is 2.28. The van der Waals surface area contributed by atoms with E-state index in [4.69, 9.17) is 0 Å². The maximum Gasteiger partial charge on any atom is 0.240 e. The van der Waals surface area contributed by atoms with E-state index in [0.29, 0.717) is 0 Å². The van der Waals surface area contributed by atoms with Gasteiger partial charge in [-0.05, 0) is 55.9 Å². The second kappa shape index (κ2) is 6.68. The first kappa shape index (κ1) is 15.4. The topological polar surface area (TPSA) is 46.2 Å². The van der Waals surface area contributed by atoms with Gasteiger partial charge in [-0.15, -0.1) is 0 Å². The van der Waals surface area contributed by atoms with Gasteiger partial charge in [0, 0.05) is 6.04 Å². The fourth-order valence-electron chi connectivity index (χ4n) is 2.88. The molecular formula is C15H22FNO2S. The van der Waals surface area contributed by atoms with Crippen LogP contribution in [-0.2, 0) is 10.0 Å². The van der Waals surface area contributed by atoms with Crippen molar-refractivity contribution in [3.63, 3.8) is 0 Å². The number of hydrogen-bond donors (Lipinski definition) is 1. The number of rotatable bonds is 5. The minimum absolute atomic E-state index is 0.0122. The summed E-state index contributed by atoms with van der Waals surface area (Å²) < 4.78 is 39.9. The maximum atomic E-state index is 12.8. The van der Waals surface area contributed by atoms with Gasteiger partial charge in [0.15, 0.2) is 0 Å². The summed E-state index contributed by atoms with van der Waals surface area (Å²) in [6, 6.07) is 4.97. The molecule has 0 saturated heterocycles. The van der Waals surface area contributed by atoms with Gasteiger partial charge in [-0.2, -0.15) is 0 Å². The highest BCUT2D eigenvalue weighted by Gasteiger charge is 2.25. The molecule has 0 atom stereocenters. The minimum Gasteiger partial charge on any atom is -0.208 e. The van der Waals surface area contributed by atoms with E-state index in [1.54, 1.807) is 0 Å². The Morgan fingerprint density at radius 1 is 1.15 bits per heavy atom. The average molecular weight is 299 g/mol. The fraction of sp³-hybridized carbons (Fsp3) is 0.600. The Labute approximate surface area is 120 Å². The Bertz CT molecular complexity index is 519. The van der Waals surface area contributed by atoms with Crippen molar-refractivity contribution in [1.82, 2.24) is 4.72 Å². The molecule has 1 fully saturated rings. The molecule has 0 bridgehead atoms. The lowest BCUT2D eigenvalue weighted by Gasteiger charge is -2.28. The van der Waals surface area contributed by atoms with Crippen LogP contribution in [0.25, 0.3) is 0 Å². The normalized spacial score (nSPS) is 23.7. The smallest absolute Gasteiger partial charge is 0.208 e. The van der Waals surface area contributed by atoms with Crippen LogP contribution in [0, 0.1) is 11.7 Å². The maximum absolute atomic E-state index is 12.8. The summed E-state index contributed by atoms with van der Waals surface area (Å²) in [4.78, 5) is 0.134. The molecule has 1 aliphatic rings. The van der Waals surface area contributed by atoms with Gasteiger partial charge in [0.25, 0.3) is 0 Å². The predicted molar refractivity (Wildman–Crippen MR) is 77.4 cm³/mol. The summed E-state index contributed by atoms with van der Waals surface area (Å²) >= 11 is 0. The number of benzene rings is 1. The highest BCUT2D eigenvalue weighted by molar-refractivity contribution is 7.89. The molecule has 0 aliphatic heterocycles. The molecule has 2 rings (SSSR count). The van der Waals surface area contributed by atoms with Crippen LogP contribution in [0.4, 0.5) is 4.39 Å². The largest absolute Gasteiger partial charge is 0.240 e. The van der Waals surface area contributed by atoms with Crippen molar-refractivity contribution in [3.05, 3.63) is 30.1 Å². The lowest BCUT2D eigenvalue weighted by molar-refractivity contribution is 0.297. The van der Waals surface area contributed by atoms with Crippen LogP contribution >= 0.6 is 0 Å². The van der Waals surface area contributed by atoms with E-state index in [2.05, 4.69) is 11.6 Å². The van der Waals surface area contributed by atoms with E-state index in [1.807, 2.05) is 0 Å². The Balaban J connectivity index is 1.94. The second-order valence-corrected chi connectivity index (χ2v) is 7.30. The zero-order valence-corrected chi connectivity index (χ0v) is 12.6. The third-order valence-electron chi connectivity index (χ3n) is 3.99. The van der Waals surface area contributed by atoms with Gasteiger partial charge in [-0.25, -0.2) is 17.5 Å². The quantitative estimate of drug-likeness (QED) is 0.905. The summed E-state index contributed by atoms with van der Waals surface area (Å²) in [6.07, 6.45) is 6.39. The fourth-order valence-corrected chi connectivity index (χ4v) is 4.18. The first-order chi connectivity index (χ1) is 9.51.